The van der Waals surface area contributed by atoms with Crippen LogP contribution in [0.3, 0.4) is 0 Å². The highest BCUT2D eigenvalue weighted by atomic mass is 15.2. The van der Waals surface area contributed by atoms with Crippen molar-refractivity contribution < 1.29 is 0 Å². The molecule has 0 unspecified atom stereocenters. The van der Waals surface area contributed by atoms with Crippen LogP contribution in [0.4, 0.5) is 17.1 Å². The van der Waals surface area contributed by atoms with E-state index in [1.807, 2.05) is 24.3 Å². The molecule has 46 heavy (non-hydrogen) atoms. The highest BCUT2D eigenvalue weighted by Gasteiger charge is 2.23. The first-order valence-electron chi connectivity index (χ1n) is 15.5. The molecule has 0 saturated heterocycles. The van der Waals surface area contributed by atoms with E-state index in [2.05, 4.69) is 155 Å². The zero-order valence-electron chi connectivity index (χ0n) is 25.0. The number of aromatic nitrogens is 3. The standard InChI is InChI=1S/C42H28N4/c1-4-14-29(15-5-1)36-27-41(44-42(43-36)31-17-6-2-7-18-31)46-38-23-13-11-21-34(38)35-26-32-25-24-30-16-10-12-22-37(30)45(39(32)28-40(35)46)33-19-8-3-9-20-33/h1-28H. The molecular weight excluding hydrogens is 560 g/mol. The summed E-state index contributed by atoms with van der Waals surface area (Å²) in [6.45, 7) is 0. The van der Waals surface area contributed by atoms with E-state index in [-0.39, 0.29) is 0 Å². The molecule has 0 fully saturated rings. The Morgan fingerprint density at radius 2 is 1.09 bits per heavy atom. The van der Waals surface area contributed by atoms with Crippen LogP contribution in [-0.2, 0) is 0 Å². The van der Waals surface area contributed by atoms with Gasteiger partial charge in [-0.05, 0) is 47.5 Å². The largest absolute Gasteiger partial charge is 0.309 e. The lowest BCUT2D eigenvalue weighted by atomic mass is 10.1. The molecule has 0 N–H and O–H groups in total. The van der Waals surface area contributed by atoms with Gasteiger partial charge in [0.2, 0.25) is 0 Å². The van der Waals surface area contributed by atoms with Crippen LogP contribution in [0.1, 0.15) is 11.1 Å². The molecule has 0 radical (unpaired) electrons. The third-order valence-corrected chi connectivity index (χ3v) is 8.74. The molecule has 3 heterocycles. The van der Waals surface area contributed by atoms with Gasteiger partial charge in [0.1, 0.15) is 5.82 Å². The molecular formula is C42H28N4. The lowest BCUT2D eigenvalue weighted by Crippen LogP contribution is -2.12. The molecule has 1 aliphatic heterocycles. The Labute approximate surface area is 267 Å². The third-order valence-electron chi connectivity index (χ3n) is 8.74. The minimum absolute atomic E-state index is 0.695. The van der Waals surface area contributed by atoms with Gasteiger partial charge < -0.3 is 4.90 Å². The van der Waals surface area contributed by atoms with E-state index in [1.54, 1.807) is 0 Å². The minimum atomic E-state index is 0.695. The van der Waals surface area contributed by atoms with Crippen molar-refractivity contribution in [1.82, 2.24) is 14.5 Å². The Morgan fingerprint density at radius 1 is 0.435 bits per heavy atom. The first-order chi connectivity index (χ1) is 22.8. The summed E-state index contributed by atoms with van der Waals surface area (Å²) in [5, 5.41) is 2.36. The molecule has 8 aromatic rings. The maximum absolute atomic E-state index is 5.24. The minimum Gasteiger partial charge on any atom is -0.309 e. The fourth-order valence-corrected chi connectivity index (χ4v) is 6.61. The summed E-state index contributed by atoms with van der Waals surface area (Å²) in [7, 11) is 0. The summed E-state index contributed by atoms with van der Waals surface area (Å²) in [4.78, 5) is 12.7. The van der Waals surface area contributed by atoms with Gasteiger partial charge in [0.15, 0.2) is 5.82 Å². The molecule has 216 valence electrons. The second kappa shape index (κ2) is 10.7. The van der Waals surface area contributed by atoms with Crippen molar-refractivity contribution in [3.05, 3.63) is 169 Å². The van der Waals surface area contributed by atoms with Crippen LogP contribution in [0.15, 0.2) is 158 Å². The zero-order chi connectivity index (χ0) is 30.5. The molecule has 4 nitrogen and oxygen atoms in total. The lowest BCUT2D eigenvalue weighted by molar-refractivity contribution is 1.05. The molecule has 0 aliphatic carbocycles. The van der Waals surface area contributed by atoms with Crippen molar-refractivity contribution in [2.24, 2.45) is 0 Å². The van der Waals surface area contributed by atoms with E-state index in [0.717, 1.165) is 56.3 Å². The Kier molecular flexibility index (Phi) is 6.10. The van der Waals surface area contributed by atoms with Crippen LogP contribution in [0, 0.1) is 0 Å². The average molecular weight is 589 g/mol. The maximum Gasteiger partial charge on any atom is 0.162 e. The van der Waals surface area contributed by atoms with Gasteiger partial charge in [-0.3, -0.25) is 4.57 Å². The number of nitrogens with zero attached hydrogens (tertiary/aromatic N) is 4. The Bertz CT molecular complexity index is 2350. The predicted octanol–water partition coefficient (Wildman–Crippen LogP) is 10.9. The van der Waals surface area contributed by atoms with Gasteiger partial charge >= 0.3 is 0 Å². The first-order valence-corrected chi connectivity index (χ1v) is 15.5. The number of hydrogen-bond acceptors (Lipinski definition) is 3. The van der Waals surface area contributed by atoms with Crippen LogP contribution < -0.4 is 4.90 Å². The zero-order valence-corrected chi connectivity index (χ0v) is 25.0. The average Bonchev–Trinajstić information content (AvgIpc) is 3.35. The topological polar surface area (TPSA) is 34.0 Å². The van der Waals surface area contributed by atoms with Crippen molar-refractivity contribution in [3.63, 3.8) is 0 Å². The van der Waals surface area contributed by atoms with Gasteiger partial charge in [-0.15, -0.1) is 0 Å². The lowest BCUT2D eigenvalue weighted by Gasteiger charge is -2.27. The molecule has 1 aliphatic rings. The number of para-hydroxylation sites is 3. The van der Waals surface area contributed by atoms with Gasteiger partial charge in [0.05, 0.1) is 28.1 Å². The maximum atomic E-state index is 5.24. The van der Waals surface area contributed by atoms with Crippen LogP contribution in [0.2, 0.25) is 0 Å². The number of hydrogen-bond donors (Lipinski definition) is 0. The third kappa shape index (κ3) is 4.31. The second-order valence-corrected chi connectivity index (χ2v) is 11.5. The molecule has 0 atom stereocenters. The highest BCUT2D eigenvalue weighted by molar-refractivity contribution is 6.12. The fraction of sp³-hybridized carbons (Fsp3) is 0. The van der Waals surface area contributed by atoms with E-state index in [9.17, 15) is 0 Å². The molecule has 4 heteroatoms. The molecule has 0 saturated carbocycles. The van der Waals surface area contributed by atoms with E-state index >= 15 is 0 Å². The SMILES string of the molecule is C1=Cc2cc3c4ccccc4n(-c4cc(-c5ccccc5)nc(-c5ccccc5)n4)c3cc2N(c2ccccc2)c2ccccc21. The molecule has 9 rings (SSSR count). The van der Waals surface area contributed by atoms with Gasteiger partial charge in [-0.1, -0.05) is 127 Å². The van der Waals surface area contributed by atoms with E-state index in [0.29, 0.717) is 5.82 Å². The Morgan fingerprint density at radius 3 is 1.89 bits per heavy atom. The molecule has 6 aromatic carbocycles. The van der Waals surface area contributed by atoms with E-state index in [4.69, 9.17) is 9.97 Å². The smallest absolute Gasteiger partial charge is 0.162 e. The van der Waals surface area contributed by atoms with Crippen molar-refractivity contribution in [2.75, 3.05) is 4.90 Å². The molecule has 2 aromatic heterocycles. The van der Waals surface area contributed by atoms with Crippen molar-refractivity contribution >= 4 is 51.0 Å². The molecule has 0 bridgehead atoms. The van der Waals surface area contributed by atoms with Crippen LogP contribution in [-0.4, -0.2) is 14.5 Å². The van der Waals surface area contributed by atoms with Crippen LogP contribution >= 0.6 is 0 Å². The number of rotatable bonds is 4. The predicted molar refractivity (Wildman–Crippen MR) is 191 cm³/mol. The quantitative estimate of drug-likeness (QED) is 0.205. The van der Waals surface area contributed by atoms with Crippen LogP contribution in [0.5, 0.6) is 0 Å². The number of anilines is 3. The summed E-state index contributed by atoms with van der Waals surface area (Å²) >= 11 is 0. The number of benzene rings is 6. The van der Waals surface area contributed by atoms with Gasteiger partial charge in [0.25, 0.3) is 0 Å². The monoisotopic (exact) mass is 588 g/mol. The van der Waals surface area contributed by atoms with Crippen molar-refractivity contribution in [3.8, 4) is 28.5 Å². The van der Waals surface area contributed by atoms with Crippen molar-refractivity contribution in [2.45, 2.75) is 0 Å². The van der Waals surface area contributed by atoms with Gasteiger partial charge in [-0.2, -0.15) is 0 Å². The highest BCUT2D eigenvalue weighted by Crippen LogP contribution is 2.45. The number of fused-ring (bicyclic) bond motifs is 5. The summed E-state index contributed by atoms with van der Waals surface area (Å²) in [5.74, 6) is 1.52. The molecule has 0 spiro atoms. The van der Waals surface area contributed by atoms with Gasteiger partial charge in [-0.25, -0.2) is 9.97 Å². The summed E-state index contributed by atoms with van der Waals surface area (Å²) in [6.07, 6.45) is 4.47. The van der Waals surface area contributed by atoms with Gasteiger partial charge in [0, 0.05) is 33.7 Å². The summed E-state index contributed by atoms with van der Waals surface area (Å²) < 4.78 is 2.30. The van der Waals surface area contributed by atoms with Crippen LogP contribution in [0.25, 0.3) is 62.4 Å². The normalized spacial score (nSPS) is 12.2. The van der Waals surface area contributed by atoms with Crippen molar-refractivity contribution in [1.29, 1.82) is 0 Å². The summed E-state index contributed by atoms with van der Waals surface area (Å²) in [6, 6.07) is 55.2. The summed E-state index contributed by atoms with van der Waals surface area (Å²) in [5.41, 5.74) is 10.8. The molecule has 0 amide bonds. The Balaban J connectivity index is 1.36. The first kappa shape index (κ1) is 26.2. The Hall–Kier alpha value is -6.26. The second-order valence-electron chi connectivity index (χ2n) is 11.5. The fourth-order valence-electron chi connectivity index (χ4n) is 6.61. The van der Waals surface area contributed by atoms with E-state index < -0.39 is 0 Å². The van der Waals surface area contributed by atoms with E-state index in [1.165, 1.54) is 16.3 Å².